The zero-order chi connectivity index (χ0) is 19.2. The van der Waals surface area contributed by atoms with E-state index in [-0.39, 0.29) is 5.91 Å². The van der Waals surface area contributed by atoms with E-state index in [1.807, 2.05) is 42.5 Å². The van der Waals surface area contributed by atoms with Crippen molar-refractivity contribution >= 4 is 34.7 Å². The molecule has 3 aromatic rings. The number of aromatic nitrogens is 1. The Kier molecular flexibility index (Phi) is 5.84. The van der Waals surface area contributed by atoms with Gasteiger partial charge in [-0.15, -0.1) is 0 Å². The second kappa shape index (κ2) is 8.47. The Hall–Kier alpha value is -3.18. The van der Waals surface area contributed by atoms with E-state index in [4.69, 9.17) is 17.0 Å². The average molecular weight is 379 g/mol. The SMILES string of the molecule is CC(=N)c1ccc(CNc2ccccc2C(=O)Nc2ccc(Cl)cn2)cc1. The van der Waals surface area contributed by atoms with Crippen LogP contribution >= 0.6 is 11.6 Å². The van der Waals surface area contributed by atoms with Crippen molar-refractivity contribution in [3.05, 3.63) is 88.6 Å². The third-order valence-electron chi connectivity index (χ3n) is 4.01. The summed E-state index contributed by atoms with van der Waals surface area (Å²) in [6, 6.07) is 18.4. The molecule has 1 aromatic heterocycles. The van der Waals surface area contributed by atoms with E-state index in [1.165, 1.54) is 6.20 Å². The van der Waals surface area contributed by atoms with Crippen LogP contribution in [0.1, 0.15) is 28.4 Å². The van der Waals surface area contributed by atoms with Crippen LogP contribution in [-0.2, 0) is 6.54 Å². The predicted molar refractivity (Wildman–Crippen MR) is 110 cm³/mol. The fourth-order valence-corrected chi connectivity index (χ4v) is 2.65. The summed E-state index contributed by atoms with van der Waals surface area (Å²) in [6.45, 7) is 2.33. The Bertz CT molecular complexity index is 953. The smallest absolute Gasteiger partial charge is 0.258 e. The molecule has 0 aliphatic heterocycles. The highest BCUT2D eigenvalue weighted by Gasteiger charge is 2.11. The van der Waals surface area contributed by atoms with Gasteiger partial charge >= 0.3 is 0 Å². The summed E-state index contributed by atoms with van der Waals surface area (Å²) in [5, 5.41) is 14.2. The van der Waals surface area contributed by atoms with Gasteiger partial charge in [0.2, 0.25) is 0 Å². The first-order chi connectivity index (χ1) is 13.0. The minimum Gasteiger partial charge on any atom is -0.380 e. The van der Waals surface area contributed by atoms with Crippen molar-refractivity contribution in [1.29, 1.82) is 5.41 Å². The van der Waals surface area contributed by atoms with Gasteiger partial charge in [-0.05, 0) is 42.3 Å². The molecule has 0 atom stereocenters. The van der Waals surface area contributed by atoms with Crippen molar-refractivity contribution in [1.82, 2.24) is 4.98 Å². The third kappa shape index (κ3) is 4.92. The zero-order valence-electron chi connectivity index (χ0n) is 14.8. The molecule has 1 heterocycles. The number of hydrogen-bond donors (Lipinski definition) is 3. The summed E-state index contributed by atoms with van der Waals surface area (Å²) < 4.78 is 0. The summed E-state index contributed by atoms with van der Waals surface area (Å²) in [7, 11) is 0. The van der Waals surface area contributed by atoms with Crippen LogP contribution in [0.2, 0.25) is 5.02 Å². The van der Waals surface area contributed by atoms with Gasteiger partial charge in [0.05, 0.1) is 10.6 Å². The normalized spacial score (nSPS) is 10.3. The molecule has 3 N–H and O–H groups in total. The first-order valence-corrected chi connectivity index (χ1v) is 8.81. The molecular weight excluding hydrogens is 360 g/mol. The number of carbonyl (C=O) groups is 1. The van der Waals surface area contributed by atoms with E-state index in [0.717, 1.165) is 16.8 Å². The number of hydrogen-bond acceptors (Lipinski definition) is 4. The fourth-order valence-electron chi connectivity index (χ4n) is 2.54. The molecular formula is C21H19ClN4O. The lowest BCUT2D eigenvalue weighted by Gasteiger charge is -2.12. The second-order valence-electron chi connectivity index (χ2n) is 6.04. The highest BCUT2D eigenvalue weighted by atomic mass is 35.5. The first-order valence-electron chi connectivity index (χ1n) is 8.43. The van der Waals surface area contributed by atoms with Gasteiger partial charge in [-0.3, -0.25) is 4.79 Å². The number of amides is 1. The molecule has 5 nitrogen and oxygen atoms in total. The van der Waals surface area contributed by atoms with Gasteiger partial charge < -0.3 is 16.0 Å². The lowest BCUT2D eigenvalue weighted by Crippen LogP contribution is -2.15. The van der Waals surface area contributed by atoms with E-state index < -0.39 is 0 Å². The maximum atomic E-state index is 12.6. The predicted octanol–water partition coefficient (Wildman–Crippen LogP) is 4.99. The number of rotatable bonds is 6. The molecule has 0 bridgehead atoms. The maximum Gasteiger partial charge on any atom is 0.258 e. The largest absolute Gasteiger partial charge is 0.380 e. The topological polar surface area (TPSA) is 77.9 Å². The molecule has 0 aliphatic carbocycles. The van der Waals surface area contributed by atoms with E-state index in [2.05, 4.69) is 15.6 Å². The van der Waals surface area contributed by atoms with Crippen molar-refractivity contribution in [3.8, 4) is 0 Å². The van der Waals surface area contributed by atoms with Crippen LogP contribution < -0.4 is 10.6 Å². The van der Waals surface area contributed by atoms with Crippen molar-refractivity contribution in [2.24, 2.45) is 0 Å². The van der Waals surface area contributed by atoms with Crippen LogP contribution in [0.15, 0.2) is 66.9 Å². The zero-order valence-corrected chi connectivity index (χ0v) is 15.5. The fraction of sp³-hybridized carbons (Fsp3) is 0.0952. The van der Waals surface area contributed by atoms with E-state index in [9.17, 15) is 4.79 Å². The van der Waals surface area contributed by atoms with Crippen molar-refractivity contribution in [2.75, 3.05) is 10.6 Å². The Morgan fingerprint density at radius 1 is 1.07 bits per heavy atom. The maximum absolute atomic E-state index is 12.6. The first kappa shape index (κ1) is 18.6. The van der Waals surface area contributed by atoms with Gasteiger partial charge in [0.25, 0.3) is 5.91 Å². The minimum atomic E-state index is -0.247. The number of anilines is 2. The molecule has 0 saturated heterocycles. The van der Waals surface area contributed by atoms with Crippen molar-refractivity contribution in [3.63, 3.8) is 0 Å². The lowest BCUT2D eigenvalue weighted by molar-refractivity contribution is 0.102. The van der Waals surface area contributed by atoms with E-state index in [0.29, 0.717) is 28.7 Å². The molecule has 0 fully saturated rings. The standard InChI is InChI=1S/C21H19ClN4O/c1-14(23)16-8-6-15(7-9-16)12-24-19-5-3-2-4-18(19)21(27)26-20-11-10-17(22)13-25-20/h2-11,13,23-24H,12H2,1H3,(H,25,26,27). The van der Waals surface area contributed by atoms with E-state index in [1.54, 1.807) is 25.1 Å². The Balaban J connectivity index is 1.70. The van der Waals surface area contributed by atoms with Crippen molar-refractivity contribution in [2.45, 2.75) is 13.5 Å². The number of benzene rings is 2. The van der Waals surface area contributed by atoms with Crippen LogP contribution in [0.4, 0.5) is 11.5 Å². The van der Waals surface area contributed by atoms with Crippen LogP contribution in [0, 0.1) is 5.41 Å². The molecule has 0 saturated carbocycles. The van der Waals surface area contributed by atoms with Gasteiger partial charge in [-0.25, -0.2) is 4.98 Å². The van der Waals surface area contributed by atoms with Crippen LogP contribution in [0.3, 0.4) is 0 Å². The molecule has 0 unspecified atom stereocenters. The van der Waals surface area contributed by atoms with Gasteiger partial charge in [0.15, 0.2) is 0 Å². The summed E-state index contributed by atoms with van der Waals surface area (Å²) in [5.74, 6) is 0.194. The monoisotopic (exact) mass is 378 g/mol. The van der Waals surface area contributed by atoms with Gasteiger partial charge in [-0.1, -0.05) is 48.0 Å². The number of nitrogens with zero attached hydrogens (tertiary/aromatic N) is 1. The number of nitrogens with one attached hydrogen (secondary N) is 3. The lowest BCUT2D eigenvalue weighted by atomic mass is 10.1. The molecule has 2 aromatic carbocycles. The van der Waals surface area contributed by atoms with E-state index >= 15 is 0 Å². The molecule has 3 rings (SSSR count). The molecule has 0 spiro atoms. The van der Waals surface area contributed by atoms with Crippen LogP contribution in [0.5, 0.6) is 0 Å². The molecule has 6 heteroatoms. The van der Waals surface area contributed by atoms with Gasteiger partial charge in [0.1, 0.15) is 5.82 Å². The summed E-state index contributed by atoms with van der Waals surface area (Å²) in [6.07, 6.45) is 1.49. The number of pyridine rings is 1. The van der Waals surface area contributed by atoms with Crippen molar-refractivity contribution < 1.29 is 4.79 Å². The summed E-state index contributed by atoms with van der Waals surface area (Å²) in [4.78, 5) is 16.7. The molecule has 0 radical (unpaired) electrons. The average Bonchev–Trinajstić information content (AvgIpc) is 2.68. The Labute approximate surface area is 162 Å². The number of halogens is 1. The molecule has 27 heavy (non-hydrogen) atoms. The molecule has 0 aliphatic rings. The highest BCUT2D eigenvalue weighted by molar-refractivity contribution is 6.30. The van der Waals surface area contributed by atoms with Gasteiger partial charge in [0, 0.05) is 24.1 Å². The Morgan fingerprint density at radius 2 is 1.81 bits per heavy atom. The third-order valence-corrected chi connectivity index (χ3v) is 4.23. The molecule has 1 amide bonds. The summed E-state index contributed by atoms with van der Waals surface area (Å²) >= 11 is 5.82. The number of carbonyl (C=O) groups excluding carboxylic acids is 1. The van der Waals surface area contributed by atoms with Crippen LogP contribution in [-0.4, -0.2) is 16.6 Å². The minimum absolute atomic E-state index is 0.247. The summed E-state index contributed by atoms with van der Waals surface area (Å²) in [5.41, 5.74) is 3.76. The quantitative estimate of drug-likeness (QED) is 0.529. The van der Waals surface area contributed by atoms with Gasteiger partial charge in [-0.2, -0.15) is 0 Å². The van der Waals surface area contributed by atoms with Crippen LogP contribution in [0.25, 0.3) is 0 Å². The molecule has 136 valence electrons. The number of para-hydroxylation sites is 1. The second-order valence-corrected chi connectivity index (χ2v) is 6.47. The Morgan fingerprint density at radius 3 is 2.48 bits per heavy atom. The highest BCUT2D eigenvalue weighted by Crippen LogP contribution is 2.18.